The number of amides is 1. The summed E-state index contributed by atoms with van der Waals surface area (Å²) in [5, 5.41) is 0. The molecule has 1 aromatic rings. The number of hydrogen-bond donors (Lipinski definition) is 0. The fourth-order valence-corrected chi connectivity index (χ4v) is 3.25. The van der Waals surface area contributed by atoms with Crippen molar-refractivity contribution in [1.29, 1.82) is 0 Å². The lowest BCUT2D eigenvalue weighted by Crippen LogP contribution is -2.40. The first-order valence-corrected chi connectivity index (χ1v) is 9.24. The highest BCUT2D eigenvalue weighted by molar-refractivity contribution is 5.94. The van der Waals surface area contributed by atoms with Crippen molar-refractivity contribution in [1.82, 2.24) is 4.90 Å². The number of anilines is 1. The highest BCUT2D eigenvalue weighted by atomic mass is 16.5. The zero-order valence-electron chi connectivity index (χ0n) is 15.1. The topological polar surface area (TPSA) is 32.8 Å². The molecule has 1 aliphatic carbocycles. The second-order valence-electron chi connectivity index (χ2n) is 6.81. The first-order chi connectivity index (χ1) is 12.2. The molecule has 0 bridgehead atoms. The largest absolute Gasteiger partial charge is 0.379 e. The molecule has 25 heavy (non-hydrogen) atoms. The van der Waals surface area contributed by atoms with Crippen LogP contribution in [0, 0.1) is 6.92 Å². The number of aryl methyl sites for hydroxylation is 1. The van der Waals surface area contributed by atoms with Crippen LogP contribution in [-0.4, -0.2) is 50.2 Å². The molecule has 1 amide bonds. The summed E-state index contributed by atoms with van der Waals surface area (Å²) >= 11 is 0. The number of morpholine rings is 1. The van der Waals surface area contributed by atoms with Gasteiger partial charge < -0.3 is 9.64 Å². The van der Waals surface area contributed by atoms with Gasteiger partial charge in [0.25, 0.3) is 0 Å². The van der Waals surface area contributed by atoms with Crippen LogP contribution >= 0.6 is 0 Å². The third kappa shape index (κ3) is 5.28. The Hall–Kier alpha value is -1.91. The molecule has 0 aromatic heterocycles. The molecule has 3 rings (SSSR count). The van der Waals surface area contributed by atoms with E-state index in [-0.39, 0.29) is 5.91 Å². The van der Waals surface area contributed by atoms with Gasteiger partial charge in [-0.3, -0.25) is 9.69 Å². The van der Waals surface area contributed by atoms with Crippen molar-refractivity contribution in [3.8, 4) is 0 Å². The van der Waals surface area contributed by atoms with E-state index in [2.05, 4.69) is 54.3 Å². The number of allylic oxidation sites excluding steroid dienone is 3. The van der Waals surface area contributed by atoms with Crippen LogP contribution in [0.1, 0.15) is 24.8 Å². The SMILES string of the molecule is Cc1ccc(N(CC2=CC=CCC2)C(=O)CCN2CCOCC2)cc1. The van der Waals surface area contributed by atoms with Gasteiger partial charge in [0.05, 0.1) is 13.2 Å². The van der Waals surface area contributed by atoms with Crippen LogP contribution in [-0.2, 0) is 9.53 Å². The number of hydrogen-bond acceptors (Lipinski definition) is 3. The Morgan fingerprint density at radius 1 is 1.20 bits per heavy atom. The molecule has 1 aliphatic heterocycles. The van der Waals surface area contributed by atoms with Gasteiger partial charge in [-0.2, -0.15) is 0 Å². The van der Waals surface area contributed by atoms with Crippen LogP contribution in [0.2, 0.25) is 0 Å². The molecule has 0 saturated carbocycles. The van der Waals surface area contributed by atoms with Crippen LogP contribution in [0.5, 0.6) is 0 Å². The van der Waals surface area contributed by atoms with Gasteiger partial charge in [-0.1, -0.05) is 41.5 Å². The number of nitrogens with zero attached hydrogens (tertiary/aromatic N) is 2. The monoisotopic (exact) mass is 340 g/mol. The third-order valence-corrected chi connectivity index (χ3v) is 4.85. The minimum atomic E-state index is 0.200. The fraction of sp³-hybridized carbons (Fsp3) is 0.476. The number of carbonyl (C=O) groups excluding carboxylic acids is 1. The fourth-order valence-electron chi connectivity index (χ4n) is 3.25. The number of rotatable bonds is 6. The smallest absolute Gasteiger partial charge is 0.228 e. The molecule has 134 valence electrons. The lowest BCUT2D eigenvalue weighted by atomic mass is 10.0. The maximum atomic E-state index is 13.0. The quantitative estimate of drug-likeness (QED) is 0.796. The van der Waals surface area contributed by atoms with E-state index in [9.17, 15) is 4.79 Å². The average molecular weight is 340 g/mol. The number of benzene rings is 1. The molecule has 1 heterocycles. The maximum Gasteiger partial charge on any atom is 0.228 e. The van der Waals surface area contributed by atoms with Crippen molar-refractivity contribution in [3.05, 3.63) is 53.6 Å². The molecule has 1 fully saturated rings. The zero-order chi connectivity index (χ0) is 17.5. The summed E-state index contributed by atoms with van der Waals surface area (Å²) in [5.74, 6) is 0.200. The van der Waals surface area contributed by atoms with E-state index in [0.717, 1.165) is 51.4 Å². The predicted molar refractivity (Wildman–Crippen MR) is 102 cm³/mol. The predicted octanol–water partition coefficient (Wildman–Crippen LogP) is 3.33. The summed E-state index contributed by atoms with van der Waals surface area (Å²) in [6.07, 6.45) is 9.09. The Morgan fingerprint density at radius 3 is 2.64 bits per heavy atom. The molecular formula is C21H28N2O2. The molecule has 4 heteroatoms. The van der Waals surface area contributed by atoms with Gasteiger partial charge in [-0.05, 0) is 31.9 Å². The van der Waals surface area contributed by atoms with Gasteiger partial charge in [0.15, 0.2) is 0 Å². The Kier molecular flexibility index (Phi) is 6.42. The molecular weight excluding hydrogens is 312 g/mol. The summed E-state index contributed by atoms with van der Waals surface area (Å²) in [6, 6.07) is 8.27. The van der Waals surface area contributed by atoms with Crippen molar-refractivity contribution < 1.29 is 9.53 Å². The van der Waals surface area contributed by atoms with Gasteiger partial charge in [0, 0.05) is 38.3 Å². The van der Waals surface area contributed by atoms with Crippen molar-refractivity contribution in [3.63, 3.8) is 0 Å². The second kappa shape index (κ2) is 8.97. The minimum Gasteiger partial charge on any atom is -0.379 e. The molecule has 1 saturated heterocycles. The molecule has 2 aliphatic rings. The third-order valence-electron chi connectivity index (χ3n) is 4.85. The van der Waals surface area contributed by atoms with Crippen LogP contribution in [0.15, 0.2) is 48.1 Å². The summed E-state index contributed by atoms with van der Waals surface area (Å²) in [6.45, 7) is 6.97. The summed E-state index contributed by atoms with van der Waals surface area (Å²) in [4.78, 5) is 17.2. The lowest BCUT2D eigenvalue weighted by Gasteiger charge is -2.29. The van der Waals surface area contributed by atoms with Crippen LogP contribution < -0.4 is 4.90 Å². The van der Waals surface area contributed by atoms with E-state index in [0.29, 0.717) is 13.0 Å². The first-order valence-electron chi connectivity index (χ1n) is 9.24. The maximum absolute atomic E-state index is 13.0. The van der Waals surface area contributed by atoms with E-state index in [1.54, 1.807) is 0 Å². The van der Waals surface area contributed by atoms with E-state index < -0.39 is 0 Å². The molecule has 0 unspecified atom stereocenters. The van der Waals surface area contributed by atoms with Crippen LogP contribution in [0.25, 0.3) is 0 Å². The second-order valence-corrected chi connectivity index (χ2v) is 6.81. The molecule has 1 aromatic carbocycles. The highest BCUT2D eigenvalue weighted by Crippen LogP contribution is 2.21. The van der Waals surface area contributed by atoms with Gasteiger partial charge in [-0.15, -0.1) is 0 Å². The summed E-state index contributed by atoms with van der Waals surface area (Å²) in [5.41, 5.74) is 3.53. The molecule has 0 atom stereocenters. The highest BCUT2D eigenvalue weighted by Gasteiger charge is 2.19. The molecule has 0 N–H and O–H groups in total. The van der Waals surface area contributed by atoms with Crippen molar-refractivity contribution in [2.45, 2.75) is 26.2 Å². The summed E-state index contributed by atoms with van der Waals surface area (Å²) < 4.78 is 5.38. The van der Waals surface area contributed by atoms with Crippen LogP contribution in [0.4, 0.5) is 5.69 Å². The minimum absolute atomic E-state index is 0.200. The summed E-state index contributed by atoms with van der Waals surface area (Å²) in [7, 11) is 0. The van der Waals surface area contributed by atoms with E-state index >= 15 is 0 Å². The van der Waals surface area contributed by atoms with E-state index in [1.165, 1.54) is 11.1 Å². The molecule has 0 spiro atoms. The van der Waals surface area contributed by atoms with Gasteiger partial charge in [0.1, 0.15) is 0 Å². The average Bonchev–Trinajstić information content (AvgIpc) is 2.67. The number of carbonyl (C=O) groups is 1. The van der Waals surface area contributed by atoms with Crippen molar-refractivity contribution >= 4 is 11.6 Å². The Bertz CT molecular complexity index is 628. The van der Waals surface area contributed by atoms with Crippen molar-refractivity contribution in [2.24, 2.45) is 0 Å². The number of ether oxygens (including phenoxy) is 1. The van der Waals surface area contributed by atoms with Crippen LogP contribution in [0.3, 0.4) is 0 Å². The Morgan fingerprint density at radius 2 is 1.96 bits per heavy atom. The van der Waals surface area contributed by atoms with Gasteiger partial charge >= 0.3 is 0 Å². The Labute approximate surface area is 150 Å². The Balaban J connectivity index is 1.67. The van der Waals surface area contributed by atoms with Crippen molar-refractivity contribution in [2.75, 3.05) is 44.3 Å². The van der Waals surface area contributed by atoms with Gasteiger partial charge in [-0.25, -0.2) is 0 Å². The standard InChI is InChI=1S/C21H28N2O2/c1-18-7-9-20(10-8-18)23(17-19-5-3-2-4-6-19)21(24)11-12-22-13-15-25-16-14-22/h2-3,5,7-10H,4,6,11-17H2,1H3. The lowest BCUT2D eigenvalue weighted by molar-refractivity contribution is -0.119. The van der Waals surface area contributed by atoms with E-state index in [4.69, 9.17) is 4.74 Å². The zero-order valence-corrected chi connectivity index (χ0v) is 15.1. The molecule has 0 radical (unpaired) electrons. The molecule has 4 nitrogen and oxygen atoms in total. The van der Waals surface area contributed by atoms with E-state index in [1.807, 2.05) is 4.90 Å². The first kappa shape index (κ1) is 17.9. The normalized spacial score (nSPS) is 18.0. The van der Waals surface area contributed by atoms with Gasteiger partial charge in [0.2, 0.25) is 5.91 Å².